The summed E-state index contributed by atoms with van der Waals surface area (Å²) < 4.78 is 72.0. The molecule has 3 heterocycles. The fourth-order valence-corrected chi connectivity index (χ4v) is 6.02. The van der Waals surface area contributed by atoms with Crippen molar-refractivity contribution >= 4 is 40.3 Å². The third kappa shape index (κ3) is 7.70. The normalized spacial score (nSPS) is 18.2. The zero-order valence-corrected chi connectivity index (χ0v) is 21.2. The number of nitrogen functional groups attached to an aromatic ring is 1. The number of aliphatic hydroxyl groups excluding tert-OH is 1. The van der Waals surface area contributed by atoms with Crippen LogP contribution in [0.3, 0.4) is 0 Å². The maximum Gasteiger partial charge on any atom is 0.490 e. The molecule has 0 fully saturated rings. The first-order valence-electron chi connectivity index (χ1n) is 9.81. The minimum absolute atomic E-state index is 0.00861. The Labute approximate surface area is 206 Å². The van der Waals surface area contributed by atoms with Gasteiger partial charge in [0.2, 0.25) is 5.89 Å². The number of phosphoric ester groups is 1. The SMILES string of the molecule is CC(O)C(COP(=O)(O)OP(=O)(O)OP(=O)(O)O)O[C@H](CF)n1cc(-c2ncco2)c2c(N)ncnc21. The summed E-state index contributed by atoms with van der Waals surface area (Å²) in [6, 6.07) is 0. The molecule has 5 atom stereocenters. The lowest BCUT2D eigenvalue weighted by Crippen LogP contribution is -2.34. The van der Waals surface area contributed by atoms with Gasteiger partial charge < -0.3 is 44.1 Å². The highest BCUT2D eigenvalue weighted by Gasteiger charge is 2.41. The van der Waals surface area contributed by atoms with E-state index in [0.29, 0.717) is 0 Å². The van der Waals surface area contributed by atoms with E-state index in [1.54, 1.807) is 0 Å². The van der Waals surface area contributed by atoms with Crippen molar-refractivity contribution in [3.63, 3.8) is 0 Å². The molecule has 0 aliphatic carbocycles. The summed E-state index contributed by atoms with van der Waals surface area (Å²) in [7, 11) is -16.9. The number of phosphoric acid groups is 3. The molecule has 3 aromatic heterocycles. The third-order valence-electron chi connectivity index (χ3n) is 4.43. The molecule has 0 saturated carbocycles. The van der Waals surface area contributed by atoms with E-state index in [-0.39, 0.29) is 28.3 Å². The van der Waals surface area contributed by atoms with E-state index in [9.17, 15) is 33.0 Å². The number of oxazole rings is 1. The van der Waals surface area contributed by atoms with E-state index in [2.05, 4.69) is 28.1 Å². The number of hydrogen-bond acceptors (Lipinski definition) is 13. The molecule has 0 spiro atoms. The number of ether oxygens (including phenoxy) is 1. The van der Waals surface area contributed by atoms with Gasteiger partial charge in [-0.15, -0.1) is 0 Å². The lowest BCUT2D eigenvalue weighted by molar-refractivity contribution is -0.121. The number of alkyl halides is 1. The summed E-state index contributed by atoms with van der Waals surface area (Å²) in [6.45, 7) is -1.09. The first-order chi connectivity index (χ1) is 17.1. The minimum Gasteiger partial charge on any atom is -0.444 e. The van der Waals surface area contributed by atoms with Gasteiger partial charge in [-0.25, -0.2) is 33.0 Å². The topological polar surface area (TPSA) is 272 Å². The van der Waals surface area contributed by atoms with Gasteiger partial charge in [0, 0.05) is 6.20 Å². The summed E-state index contributed by atoms with van der Waals surface area (Å²) in [5.74, 6) is 0.108. The highest BCUT2D eigenvalue weighted by atomic mass is 31.3. The number of halogens is 1. The molecular formula is C15H21FN5O13P3. The molecule has 0 aromatic carbocycles. The summed E-state index contributed by atoms with van der Waals surface area (Å²) in [5, 5.41) is 10.3. The van der Waals surface area contributed by atoms with Gasteiger partial charge in [0.05, 0.1) is 29.9 Å². The maximum atomic E-state index is 14.1. The monoisotopic (exact) mass is 591 g/mol. The average molecular weight is 591 g/mol. The van der Waals surface area contributed by atoms with Crippen LogP contribution in [0.4, 0.5) is 10.2 Å². The van der Waals surface area contributed by atoms with Crippen LogP contribution in [0.1, 0.15) is 13.2 Å². The number of hydrogen-bond donors (Lipinski definition) is 6. The van der Waals surface area contributed by atoms with Gasteiger partial charge >= 0.3 is 23.5 Å². The van der Waals surface area contributed by atoms with E-state index in [4.69, 9.17) is 24.7 Å². The number of fused-ring (bicyclic) bond motifs is 1. The standard InChI is InChI=1S/C15H21FN5O13P3/c1-8(22)10(6-31-36(26,27)34-37(28,29)33-35(23,24)25)32-11(4-16)21-5-9(15-18-2-3-30-15)12-13(17)19-7-20-14(12)21/h2-3,5,7-8,10-11,22H,4,6H2,1H3,(H,26,27)(H,28,29)(H2,17,19,20)(H2,23,24,25)/t8?,10?,11-/m1/s1. The molecule has 0 saturated heterocycles. The van der Waals surface area contributed by atoms with Crippen LogP contribution in [0.25, 0.3) is 22.5 Å². The minimum atomic E-state index is -5.76. The van der Waals surface area contributed by atoms with Crippen LogP contribution >= 0.6 is 23.5 Å². The third-order valence-corrected chi connectivity index (χ3v) is 8.23. The fourth-order valence-electron chi connectivity index (χ4n) is 2.99. The number of rotatable bonds is 13. The molecule has 0 bridgehead atoms. The second-order valence-electron chi connectivity index (χ2n) is 7.16. The van der Waals surface area contributed by atoms with Gasteiger partial charge in [-0.3, -0.25) is 4.52 Å². The molecule has 22 heteroatoms. The van der Waals surface area contributed by atoms with Crippen LogP contribution in [0.5, 0.6) is 0 Å². The molecule has 4 unspecified atom stereocenters. The molecule has 206 valence electrons. The average Bonchev–Trinajstić information content (AvgIpc) is 3.39. The van der Waals surface area contributed by atoms with Crippen LogP contribution in [-0.4, -0.2) is 69.7 Å². The summed E-state index contributed by atoms with van der Waals surface area (Å²) in [6.07, 6.45) is 0.505. The highest BCUT2D eigenvalue weighted by Crippen LogP contribution is 2.66. The zero-order chi connectivity index (χ0) is 27.6. The van der Waals surface area contributed by atoms with Gasteiger partial charge in [-0.2, -0.15) is 8.62 Å². The molecule has 0 aliphatic heterocycles. The van der Waals surface area contributed by atoms with Crippen molar-refractivity contribution in [2.75, 3.05) is 19.0 Å². The van der Waals surface area contributed by atoms with E-state index < -0.39 is 55.2 Å². The Morgan fingerprint density at radius 3 is 2.41 bits per heavy atom. The van der Waals surface area contributed by atoms with Crippen molar-refractivity contribution in [3.05, 3.63) is 25.0 Å². The van der Waals surface area contributed by atoms with Gasteiger partial charge in [-0.05, 0) is 6.92 Å². The molecule has 7 N–H and O–H groups in total. The molecule has 0 aliphatic rings. The highest BCUT2D eigenvalue weighted by molar-refractivity contribution is 7.66. The number of anilines is 1. The quantitative estimate of drug-likeness (QED) is 0.153. The Hall–Kier alpha value is -2.11. The molecule has 0 amide bonds. The van der Waals surface area contributed by atoms with Crippen molar-refractivity contribution < 1.29 is 65.1 Å². The van der Waals surface area contributed by atoms with Crippen molar-refractivity contribution in [2.45, 2.75) is 25.4 Å². The Balaban J connectivity index is 1.83. The molecular weight excluding hydrogens is 570 g/mol. The number of aliphatic hydroxyl groups is 1. The predicted octanol–water partition coefficient (Wildman–Crippen LogP) is 1.25. The maximum absolute atomic E-state index is 14.1. The van der Waals surface area contributed by atoms with Crippen molar-refractivity contribution in [2.24, 2.45) is 0 Å². The van der Waals surface area contributed by atoms with Crippen molar-refractivity contribution in [1.29, 1.82) is 0 Å². The lowest BCUT2D eigenvalue weighted by Gasteiger charge is -2.27. The Kier molecular flexibility index (Phi) is 9.01. The smallest absolute Gasteiger partial charge is 0.444 e. The Morgan fingerprint density at radius 1 is 1.14 bits per heavy atom. The molecule has 18 nitrogen and oxygen atoms in total. The lowest BCUT2D eigenvalue weighted by atomic mass is 10.2. The van der Waals surface area contributed by atoms with E-state index in [1.807, 2.05) is 0 Å². The molecule has 3 rings (SSSR count). The first-order valence-corrected chi connectivity index (χ1v) is 14.3. The second-order valence-corrected chi connectivity index (χ2v) is 11.6. The largest absolute Gasteiger partial charge is 0.490 e. The fraction of sp³-hybridized carbons (Fsp3) is 0.400. The first kappa shape index (κ1) is 29.4. The summed E-state index contributed by atoms with van der Waals surface area (Å²) >= 11 is 0. The van der Waals surface area contributed by atoms with E-state index in [0.717, 1.165) is 13.3 Å². The summed E-state index contributed by atoms with van der Waals surface area (Å²) in [4.78, 5) is 48.0. The van der Waals surface area contributed by atoms with Crippen LogP contribution in [0.15, 0.2) is 29.4 Å². The molecule has 37 heavy (non-hydrogen) atoms. The van der Waals surface area contributed by atoms with Crippen LogP contribution in [-0.2, 0) is 31.6 Å². The van der Waals surface area contributed by atoms with Crippen LogP contribution < -0.4 is 5.73 Å². The molecule has 0 radical (unpaired) electrons. The summed E-state index contributed by atoms with van der Waals surface area (Å²) in [5.41, 5.74) is 6.31. The zero-order valence-electron chi connectivity index (χ0n) is 18.5. The predicted molar refractivity (Wildman–Crippen MR) is 119 cm³/mol. The van der Waals surface area contributed by atoms with E-state index >= 15 is 0 Å². The van der Waals surface area contributed by atoms with Gasteiger partial charge in [-0.1, -0.05) is 0 Å². The van der Waals surface area contributed by atoms with Crippen molar-refractivity contribution in [3.8, 4) is 11.5 Å². The molecule has 3 aromatic rings. The number of aromatic nitrogens is 4. The van der Waals surface area contributed by atoms with Crippen LogP contribution in [0, 0.1) is 0 Å². The Bertz CT molecular complexity index is 1360. The van der Waals surface area contributed by atoms with Gasteiger partial charge in [0.1, 0.15) is 36.8 Å². The van der Waals surface area contributed by atoms with E-state index in [1.165, 1.54) is 23.2 Å². The second kappa shape index (κ2) is 11.3. The van der Waals surface area contributed by atoms with Crippen molar-refractivity contribution in [1.82, 2.24) is 19.5 Å². The van der Waals surface area contributed by atoms with Gasteiger partial charge in [0.25, 0.3) is 0 Å². The Morgan fingerprint density at radius 2 is 1.84 bits per heavy atom. The number of nitrogens with zero attached hydrogens (tertiary/aromatic N) is 4. The number of nitrogens with two attached hydrogens (primary N) is 1. The van der Waals surface area contributed by atoms with Gasteiger partial charge in [0.15, 0.2) is 6.23 Å². The van der Waals surface area contributed by atoms with Crippen LogP contribution in [0.2, 0.25) is 0 Å².